The predicted octanol–water partition coefficient (Wildman–Crippen LogP) is 4.70. The smallest absolute Gasteiger partial charge is 0.161 e. The first-order valence-electron chi connectivity index (χ1n) is 7.51. The van der Waals surface area contributed by atoms with E-state index in [0.717, 1.165) is 46.0 Å². The number of halogens is 1. The van der Waals surface area contributed by atoms with Gasteiger partial charge in [0.15, 0.2) is 5.65 Å². The number of hydrogen-bond acceptors (Lipinski definition) is 2. The van der Waals surface area contributed by atoms with E-state index in [4.69, 9.17) is 0 Å². The van der Waals surface area contributed by atoms with Crippen molar-refractivity contribution in [2.24, 2.45) is 0 Å². The molecule has 114 valence electrons. The average Bonchev–Trinajstić information content (AvgIpc) is 2.78. The lowest BCUT2D eigenvalue weighted by Gasteiger charge is -2.15. The van der Waals surface area contributed by atoms with Gasteiger partial charge in [0.1, 0.15) is 5.82 Å². The molecular formula is C18H20FN3. The van der Waals surface area contributed by atoms with Crippen molar-refractivity contribution in [3.8, 4) is 0 Å². The maximum absolute atomic E-state index is 13.6. The highest BCUT2D eigenvalue weighted by molar-refractivity contribution is 5.77. The van der Waals surface area contributed by atoms with Crippen LogP contribution < -0.4 is 5.32 Å². The molecule has 0 amide bonds. The molecule has 4 heteroatoms. The van der Waals surface area contributed by atoms with Gasteiger partial charge in [0.05, 0.1) is 11.4 Å². The summed E-state index contributed by atoms with van der Waals surface area (Å²) >= 11 is 0. The van der Waals surface area contributed by atoms with Gasteiger partial charge in [0.2, 0.25) is 0 Å². The second kappa shape index (κ2) is 5.44. The number of fused-ring (bicyclic) bond motifs is 1. The summed E-state index contributed by atoms with van der Waals surface area (Å²) in [5.74, 6) is -0.189. The molecule has 2 heterocycles. The van der Waals surface area contributed by atoms with E-state index < -0.39 is 0 Å². The topological polar surface area (TPSA) is 29.3 Å². The van der Waals surface area contributed by atoms with Crippen LogP contribution in [0.4, 0.5) is 15.8 Å². The molecule has 3 rings (SSSR count). The fourth-order valence-corrected chi connectivity index (χ4v) is 2.80. The first kappa shape index (κ1) is 14.6. The van der Waals surface area contributed by atoms with Crippen LogP contribution >= 0.6 is 0 Å². The van der Waals surface area contributed by atoms with E-state index in [0.29, 0.717) is 0 Å². The number of nitrogens with one attached hydrogen (secondary N) is 1. The molecule has 1 aromatic carbocycles. The zero-order chi connectivity index (χ0) is 15.9. The summed E-state index contributed by atoms with van der Waals surface area (Å²) in [6.45, 7) is 8.02. The maximum Gasteiger partial charge on any atom is 0.161 e. The molecule has 0 saturated carbocycles. The number of aromatic nitrogens is 2. The molecule has 0 saturated heterocycles. The number of benzene rings is 1. The van der Waals surface area contributed by atoms with Gasteiger partial charge in [0.25, 0.3) is 0 Å². The van der Waals surface area contributed by atoms with Crippen molar-refractivity contribution in [1.82, 2.24) is 9.38 Å². The van der Waals surface area contributed by atoms with Crippen LogP contribution in [0.2, 0.25) is 0 Å². The normalized spacial score (nSPS) is 11.1. The first-order valence-corrected chi connectivity index (χ1v) is 7.51. The van der Waals surface area contributed by atoms with Gasteiger partial charge in [-0.25, -0.2) is 9.37 Å². The van der Waals surface area contributed by atoms with Crippen LogP contribution in [0.15, 0.2) is 30.5 Å². The Kier molecular flexibility index (Phi) is 3.61. The molecule has 0 aliphatic carbocycles. The van der Waals surface area contributed by atoms with E-state index in [2.05, 4.69) is 21.6 Å². The standard InChI is InChI=1S/C18H20FN3/c1-5-14-10-15(19)9-11(2)17(14)21-16-7-6-8-22-13(4)12(3)20-18(16)22/h6-10,21H,5H2,1-4H3. The maximum atomic E-state index is 13.6. The Labute approximate surface area is 129 Å². The van der Waals surface area contributed by atoms with E-state index >= 15 is 0 Å². The Morgan fingerprint density at radius 3 is 2.73 bits per heavy atom. The molecule has 1 N–H and O–H groups in total. The minimum absolute atomic E-state index is 0.189. The van der Waals surface area contributed by atoms with Crippen molar-refractivity contribution < 1.29 is 4.39 Å². The van der Waals surface area contributed by atoms with Crippen LogP contribution in [0.1, 0.15) is 29.4 Å². The summed E-state index contributed by atoms with van der Waals surface area (Å²) < 4.78 is 15.7. The Morgan fingerprint density at radius 2 is 2.00 bits per heavy atom. The van der Waals surface area contributed by atoms with Gasteiger partial charge >= 0.3 is 0 Å². The largest absolute Gasteiger partial charge is 0.352 e. The summed E-state index contributed by atoms with van der Waals surface area (Å²) in [6, 6.07) is 7.15. The highest BCUT2D eigenvalue weighted by atomic mass is 19.1. The molecule has 0 aliphatic rings. The monoisotopic (exact) mass is 297 g/mol. The average molecular weight is 297 g/mol. The predicted molar refractivity (Wildman–Crippen MR) is 88.5 cm³/mol. The van der Waals surface area contributed by atoms with E-state index in [1.807, 2.05) is 39.1 Å². The van der Waals surface area contributed by atoms with Gasteiger partial charge in [-0.2, -0.15) is 0 Å². The number of rotatable bonds is 3. The van der Waals surface area contributed by atoms with E-state index in [1.165, 1.54) is 0 Å². The number of imidazole rings is 1. The van der Waals surface area contributed by atoms with Gasteiger partial charge < -0.3 is 9.72 Å². The fraction of sp³-hybridized carbons (Fsp3) is 0.278. The second-order valence-electron chi connectivity index (χ2n) is 5.63. The molecule has 3 aromatic rings. The van der Waals surface area contributed by atoms with Crippen LogP contribution in [0, 0.1) is 26.6 Å². The van der Waals surface area contributed by atoms with Crippen molar-refractivity contribution in [2.45, 2.75) is 34.1 Å². The number of aryl methyl sites for hydroxylation is 4. The quantitative estimate of drug-likeness (QED) is 0.759. The summed E-state index contributed by atoms with van der Waals surface area (Å²) in [5.41, 5.74) is 6.81. The second-order valence-corrected chi connectivity index (χ2v) is 5.63. The van der Waals surface area contributed by atoms with Crippen LogP contribution in [0.3, 0.4) is 0 Å². The van der Waals surface area contributed by atoms with E-state index in [1.54, 1.807) is 12.1 Å². The molecule has 0 spiro atoms. The Morgan fingerprint density at radius 1 is 1.23 bits per heavy atom. The number of hydrogen-bond donors (Lipinski definition) is 1. The molecule has 0 atom stereocenters. The van der Waals surface area contributed by atoms with Gasteiger partial charge in [0, 0.05) is 17.6 Å². The summed E-state index contributed by atoms with van der Waals surface area (Å²) in [4.78, 5) is 4.64. The lowest BCUT2D eigenvalue weighted by Crippen LogP contribution is -2.01. The summed E-state index contributed by atoms with van der Waals surface area (Å²) in [6.07, 6.45) is 2.78. The van der Waals surface area contributed by atoms with Gasteiger partial charge in [-0.15, -0.1) is 0 Å². The SMILES string of the molecule is CCc1cc(F)cc(C)c1Nc1cccn2c(C)c(C)nc12. The molecule has 0 fully saturated rings. The third kappa shape index (κ3) is 2.34. The lowest BCUT2D eigenvalue weighted by atomic mass is 10.1. The zero-order valence-corrected chi connectivity index (χ0v) is 13.4. The molecule has 0 radical (unpaired) electrons. The lowest BCUT2D eigenvalue weighted by molar-refractivity contribution is 0.625. The molecule has 2 aromatic heterocycles. The summed E-state index contributed by atoms with van der Waals surface area (Å²) in [7, 11) is 0. The fourth-order valence-electron chi connectivity index (χ4n) is 2.80. The highest BCUT2D eigenvalue weighted by Crippen LogP contribution is 2.29. The molecule has 22 heavy (non-hydrogen) atoms. The summed E-state index contributed by atoms with van der Waals surface area (Å²) in [5, 5.41) is 3.45. The van der Waals surface area contributed by atoms with Gasteiger partial charge in [-0.3, -0.25) is 0 Å². The van der Waals surface area contributed by atoms with Crippen molar-refractivity contribution in [3.63, 3.8) is 0 Å². The molecular weight excluding hydrogens is 277 g/mol. The van der Waals surface area contributed by atoms with Crippen LogP contribution in [0.25, 0.3) is 5.65 Å². The van der Waals surface area contributed by atoms with Crippen molar-refractivity contribution in [3.05, 3.63) is 58.8 Å². The highest BCUT2D eigenvalue weighted by Gasteiger charge is 2.12. The van der Waals surface area contributed by atoms with Crippen LogP contribution in [-0.2, 0) is 6.42 Å². The van der Waals surface area contributed by atoms with Gasteiger partial charge in [-0.1, -0.05) is 6.92 Å². The first-order chi connectivity index (χ1) is 10.5. The minimum atomic E-state index is -0.189. The Balaban J connectivity index is 2.13. The van der Waals surface area contributed by atoms with Crippen molar-refractivity contribution >= 4 is 17.0 Å². The van der Waals surface area contributed by atoms with Crippen molar-refractivity contribution in [1.29, 1.82) is 0 Å². The van der Waals surface area contributed by atoms with E-state index in [9.17, 15) is 4.39 Å². The van der Waals surface area contributed by atoms with Crippen LogP contribution in [0.5, 0.6) is 0 Å². The molecule has 0 unspecified atom stereocenters. The van der Waals surface area contributed by atoms with Gasteiger partial charge in [-0.05, 0) is 62.6 Å². The number of pyridine rings is 1. The third-order valence-corrected chi connectivity index (χ3v) is 4.15. The number of anilines is 2. The van der Waals surface area contributed by atoms with Crippen molar-refractivity contribution in [2.75, 3.05) is 5.32 Å². The zero-order valence-electron chi connectivity index (χ0n) is 13.4. The number of nitrogens with zero attached hydrogens (tertiary/aromatic N) is 2. The molecule has 0 bridgehead atoms. The Bertz CT molecular complexity index is 849. The molecule has 0 aliphatic heterocycles. The molecule has 3 nitrogen and oxygen atoms in total. The third-order valence-electron chi connectivity index (χ3n) is 4.15. The minimum Gasteiger partial charge on any atom is -0.352 e. The Hall–Kier alpha value is -2.36. The van der Waals surface area contributed by atoms with Crippen LogP contribution in [-0.4, -0.2) is 9.38 Å². The van der Waals surface area contributed by atoms with E-state index in [-0.39, 0.29) is 5.82 Å².